The molecule has 106 valence electrons. The fourth-order valence-corrected chi connectivity index (χ4v) is 2.99. The van der Waals surface area contributed by atoms with E-state index >= 15 is 0 Å². The Labute approximate surface area is 117 Å². The molecule has 0 aliphatic heterocycles. The summed E-state index contributed by atoms with van der Waals surface area (Å²) in [5.74, 6) is 0. The zero-order chi connectivity index (χ0) is 13.7. The fraction of sp³-hybridized carbons (Fsp3) is 0.647. The topological polar surface area (TPSA) is 23.5 Å². The van der Waals surface area contributed by atoms with Crippen LogP contribution in [0.25, 0.3) is 0 Å². The van der Waals surface area contributed by atoms with Gasteiger partial charge in [0.15, 0.2) is 0 Å². The third-order valence-corrected chi connectivity index (χ3v) is 4.42. The normalized spacial score (nSPS) is 18.7. The number of hydrogen-bond donors (Lipinski definition) is 1. The molecule has 1 unspecified atom stereocenters. The number of benzene rings is 1. The molecule has 0 amide bonds. The molecule has 2 nitrogen and oxygen atoms in total. The van der Waals surface area contributed by atoms with Crippen molar-refractivity contribution < 1.29 is 5.11 Å². The molecule has 1 saturated carbocycles. The summed E-state index contributed by atoms with van der Waals surface area (Å²) in [4.78, 5) is 2.44. The van der Waals surface area contributed by atoms with Gasteiger partial charge < -0.3 is 10.0 Å². The predicted octanol–water partition coefficient (Wildman–Crippen LogP) is 3.68. The smallest absolute Gasteiger partial charge is 0.0802 e. The molecule has 2 heteroatoms. The second-order valence-corrected chi connectivity index (χ2v) is 5.99. The van der Waals surface area contributed by atoms with E-state index < -0.39 is 0 Å². The van der Waals surface area contributed by atoms with Crippen LogP contribution in [0, 0.1) is 6.92 Å². The number of hydrogen-bond acceptors (Lipinski definition) is 2. The van der Waals surface area contributed by atoms with Crippen LogP contribution in [-0.2, 0) is 0 Å². The first-order valence-electron chi connectivity index (χ1n) is 7.61. The second-order valence-electron chi connectivity index (χ2n) is 5.99. The first kappa shape index (κ1) is 14.5. The van der Waals surface area contributed by atoms with Crippen LogP contribution in [0.5, 0.6) is 0 Å². The van der Waals surface area contributed by atoms with E-state index in [-0.39, 0.29) is 6.10 Å². The average molecular weight is 261 g/mol. The number of aliphatic hydroxyl groups is 1. The fourth-order valence-electron chi connectivity index (χ4n) is 2.99. The third kappa shape index (κ3) is 4.32. The lowest BCUT2D eigenvalue weighted by Gasteiger charge is -2.31. The van der Waals surface area contributed by atoms with Crippen LogP contribution >= 0.6 is 0 Å². The second kappa shape index (κ2) is 7.06. The van der Waals surface area contributed by atoms with Gasteiger partial charge in [-0.25, -0.2) is 0 Å². The maximum absolute atomic E-state index is 10.2. The van der Waals surface area contributed by atoms with Gasteiger partial charge in [0.2, 0.25) is 0 Å². The molecule has 1 aliphatic rings. The number of aliphatic hydroxyl groups excluding tert-OH is 1. The lowest BCUT2D eigenvalue weighted by molar-refractivity contribution is 0.125. The zero-order valence-corrected chi connectivity index (χ0v) is 12.3. The summed E-state index contributed by atoms with van der Waals surface area (Å²) in [6.45, 7) is 3.06. The monoisotopic (exact) mass is 261 g/mol. The van der Waals surface area contributed by atoms with Gasteiger partial charge in [-0.05, 0) is 38.8 Å². The zero-order valence-electron chi connectivity index (χ0n) is 12.3. The summed E-state index contributed by atoms with van der Waals surface area (Å²) in [5.41, 5.74) is 2.29. The summed E-state index contributed by atoms with van der Waals surface area (Å²) in [7, 11) is 2.21. The number of nitrogens with zero attached hydrogens (tertiary/aromatic N) is 1. The van der Waals surface area contributed by atoms with Crippen LogP contribution in [0.1, 0.15) is 55.8 Å². The molecule has 1 fully saturated rings. The predicted molar refractivity (Wildman–Crippen MR) is 80.3 cm³/mol. The van der Waals surface area contributed by atoms with Gasteiger partial charge in [-0.3, -0.25) is 0 Å². The molecule has 1 aromatic rings. The largest absolute Gasteiger partial charge is 0.388 e. The van der Waals surface area contributed by atoms with Gasteiger partial charge in [-0.15, -0.1) is 0 Å². The highest BCUT2D eigenvalue weighted by Gasteiger charge is 2.18. The third-order valence-electron chi connectivity index (χ3n) is 4.42. The van der Waals surface area contributed by atoms with Crippen molar-refractivity contribution in [2.24, 2.45) is 0 Å². The van der Waals surface area contributed by atoms with Crippen molar-refractivity contribution in [3.05, 3.63) is 35.4 Å². The van der Waals surface area contributed by atoms with Crippen LogP contribution < -0.4 is 0 Å². The first-order chi connectivity index (χ1) is 9.16. The van der Waals surface area contributed by atoms with Gasteiger partial charge in [-0.1, -0.05) is 49.1 Å². The molecule has 0 radical (unpaired) electrons. The minimum absolute atomic E-state index is 0.327. The molecular formula is C17H27NO. The molecule has 19 heavy (non-hydrogen) atoms. The molecule has 1 aliphatic carbocycles. The van der Waals surface area contributed by atoms with E-state index in [9.17, 15) is 5.11 Å². The maximum atomic E-state index is 10.2. The molecule has 0 bridgehead atoms. The van der Waals surface area contributed by atoms with Gasteiger partial charge in [0.25, 0.3) is 0 Å². The Morgan fingerprint density at radius 2 is 1.79 bits per heavy atom. The first-order valence-corrected chi connectivity index (χ1v) is 7.61. The van der Waals surface area contributed by atoms with Crippen LogP contribution in [-0.4, -0.2) is 29.6 Å². The molecule has 1 N–H and O–H groups in total. The average Bonchev–Trinajstić information content (AvgIpc) is 2.46. The van der Waals surface area contributed by atoms with E-state index in [0.717, 1.165) is 24.6 Å². The molecule has 0 heterocycles. The quantitative estimate of drug-likeness (QED) is 0.874. The Morgan fingerprint density at radius 1 is 1.16 bits per heavy atom. The molecule has 1 atom stereocenters. The van der Waals surface area contributed by atoms with Crippen molar-refractivity contribution in [1.29, 1.82) is 0 Å². The summed E-state index contributed by atoms with van der Waals surface area (Å²) < 4.78 is 0. The summed E-state index contributed by atoms with van der Waals surface area (Å²) in [6.07, 6.45) is 7.30. The Hall–Kier alpha value is -0.860. The van der Waals surface area contributed by atoms with Gasteiger partial charge in [-0.2, -0.15) is 0 Å². The van der Waals surface area contributed by atoms with Crippen LogP contribution in [0.4, 0.5) is 0 Å². The van der Waals surface area contributed by atoms with Crippen molar-refractivity contribution in [3.63, 3.8) is 0 Å². The number of rotatable bonds is 5. The SMILES string of the molecule is Cc1ccc(C(O)CCN(C)C2CCCCC2)cc1. The summed E-state index contributed by atoms with van der Waals surface area (Å²) in [5, 5.41) is 10.2. The van der Waals surface area contributed by atoms with Gasteiger partial charge >= 0.3 is 0 Å². The highest BCUT2D eigenvalue weighted by molar-refractivity contribution is 5.23. The summed E-state index contributed by atoms with van der Waals surface area (Å²) >= 11 is 0. The van der Waals surface area contributed by atoms with Crippen molar-refractivity contribution in [2.75, 3.05) is 13.6 Å². The molecule has 0 saturated heterocycles. The Bertz CT molecular complexity index is 367. The van der Waals surface area contributed by atoms with E-state index in [1.807, 2.05) is 12.1 Å². The van der Waals surface area contributed by atoms with E-state index in [1.165, 1.54) is 37.7 Å². The van der Waals surface area contributed by atoms with E-state index in [1.54, 1.807) is 0 Å². The Morgan fingerprint density at radius 3 is 2.42 bits per heavy atom. The molecular weight excluding hydrogens is 234 g/mol. The van der Waals surface area contributed by atoms with Crippen molar-refractivity contribution >= 4 is 0 Å². The van der Waals surface area contributed by atoms with E-state index in [2.05, 4.69) is 31.0 Å². The van der Waals surface area contributed by atoms with Crippen LogP contribution in [0.15, 0.2) is 24.3 Å². The highest BCUT2D eigenvalue weighted by atomic mass is 16.3. The lowest BCUT2D eigenvalue weighted by atomic mass is 9.94. The van der Waals surface area contributed by atoms with Crippen molar-refractivity contribution in [3.8, 4) is 0 Å². The lowest BCUT2D eigenvalue weighted by Crippen LogP contribution is -2.34. The molecule has 0 aromatic heterocycles. The Kier molecular flexibility index (Phi) is 5.41. The van der Waals surface area contributed by atoms with Crippen molar-refractivity contribution in [1.82, 2.24) is 4.90 Å². The highest BCUT2D eigenvalue weighted by Crippen LogP contribution is 2.23. The standard InChI is InChI=1S/C17H27NO/c1-14-8-10-15(11-9-14)17(19)12-13-18(2)16-6-4-3-5-7-16/h8-11,16-17,19H,3-7,12-13H2,1-2H3. The van der Waals surface area contributed by atoms with Crippen molar-refractivity contribution in [2.45, 2.75) is 57.6 Å². The van der Waals surface area contributed by atoms with E-state index in [0.29, 0.717) is 0 Å². The number of aryl methyl sites for hydroxylation is 1. The van der Waals surface area contributed by atoms with Gasteiger partial charge in [0.05, 0.1) is 6.10 Å². The van der Waals surface area contributed by atoms with Crippen LogP contribution in [0.2, 0.25) is 0 Å². The Balaban J connectivity index is 1.79. The minimum atomic E-state index is -0.327. The molecule has 0 spiro atoms. The summed E-state index contributed by atoms with van der Waals surface area (Å²) in [6, 6.07) is 8.97. The van der Waals surface area contributed by atoms with E-state index in [4.69, 9.17) is 0 Å². The van der Waals surface area contributed by atoms with Crippen LogP contribution in [0.3, 0.4) is 0 Å². The minimum Gasteiger partial charge on any atom is -0.388 e. The molecule has 2 rings (SSSR count). The van der Waals surface area contributed by atoms with Gasteiger partial charge in [0, 0.05) is 12.6 Å². The maximum Gasteiger partial charge on any atom is 0.0802 e. The molecule has 1 aromatic carbocycles. The van der Waals surface area contributed by atoms with Gasteiger partial charge in [0.1, 0.15) is 0 Å².